The molecule has 0 aliphatic carbocycles. The van der Waals surface area contributed by atoms with Crippen molar-refractivity contribution in [3.8, 4) is 5.75 Å². The molecule has 0 spiro atoms. The molecule has 5 nitrogen and oxygen atoms in total. The minimum Gasteiger partial charge on any atom is -0.481 e. The zero-order chi connectivity index (χ0) is 20.3. The number of anilines is 2. The summed E-state index contributed by atoms with van der Waals surface area (Å²) in [6, 6.07) is 15.2. The molecule has 1 heterocycles. The quantitative estimate of drug-likeness (QED) is 0.830. The number of rotatable bonds is 5. The van der Waals surface area contributed by atoms with Crippen LogP contribution in [0.5, 0.6) is 5.75 Å². The molecule has 1 aliphatic heterocycles. The van der Waals surface area contributed by atoms with Crippen LogP contribution in [0.25, 0.3) is 0 Å². The van der Waals surface area contributed by atoms with E-state index in [0.29, 0.717) is 17.9 Å². The van der Waals surface area contributed by atoms with Crippen LogP contribution in [0.15, 0.2) is 48.5 Å². The zero-order valence-corrected chi connectivity index (χ0v) is 17.0. The minimum absolute atomic E-state index is 0.0768. The summed E-state index contributed by atoms with van der Waals surface area (Å²) in [7, 11) is 0. The summed E-state index contributed by atoms with van der Waals surface area (Å²) in [6.45, 7) is 8.95. The first-order valence-corrected chi connectivity index (χ1v) is 9.72. The van der Waals surface area contributed by atoms with E-state index in [-0.39, 0.29) is 17.2 Å². The third-order valence-electron chi connectivity index (χ3n) is 4.92. The monoisotopic (exact) mass is 380 g/mol. The molecule has 1 N–H and O–H groups in total. The van der Waals surface area contributed by atoms with Gasteiger partial charge in [-0.25, -0.2) is 0 Å². The van der Waals surface area contributed by atoms with E-state index >= 15 is 0 Å². The van der Waals surface area contributed by atoms with Crippen molar-refractivity contribution in [3.63, 3.8) is 0 Å². The molecule has 28 heavy (non-hydrogen) atoms. The van der Waals surface area contributed by atoms with Crippen LogP contribution < -0.4 is 15.0 Å². The van der Waals surface area contributed by atoms with E-state index in [1.165, 1.54) is 5.56 Å². The average Bonchev–Trinajstić information content (AvgIpc) is 3.08. The fourth-order valence-corrected chi connectivity index (χ4v) is 3.18. The highest BCUT2D eigenvalue weighted by atomic mass is 16.5. The van der Waals surface area contributed by atoms with E-state index in [1.54, 1.807) is 11.8 Å². The number of benzene rings is 2. The Morgan fingerprint density at radius 3 is 2.25 bits per heavy atom. The lowest BCUT2D eigenvalue weighted by atomic mass is 9.87. The highest BCUT2D eigenvalue weighted by Gasteiger charge is 2.22. The molecule has 0 saturated carbocycles. The van der Waals surface area contributed by atoms with Gasteiger partial charge in [-0.05, 0) is 60.7 Å². The summed E-state index contributed by atoms with van der Waals surface area (Å²) in [5, 5.41) is 2.86. The standard InChI is InChI=1S/C23H28N2O3/c1-16(28-20-13-7-17(8-14-20)23(2,3)4)22(27)24-18-9-11-19(12-10-18)25-15-5-6-21(25)26/h7-14,16H,5-6,15H2,1-4H3,(H,24,27)/t16-/m1/s1. The fourth-order valence-electron chi connectivity index (χ4n) is 3.18. The molecule has 148 valence electrons. The van der Waals surface area contributed by atoms with Gasteiger partial charge in [0.1, 0.15) is 5.75 Å². The second-order valence-electron chi connectivity index (χ2n) is 8.22. The maximum Gasteiger partial charge on any atom is 0.265 e. The van der Waals surface area contributed by atoms with Crippen LogP contribution >= 0.6 is 0 Å². The molecular formula is C23H28N2O3. The fraction of sp³-hybridized carbons (Fsp3) is 0.391. The number of ether oxygens (including phenoxy) is 1. The van der Waals surface area contributed by atoms with Crippen LogP contribution in [0.1, 0.15) is 46.1 Å². The molecule has 0 bridgehead atoms. The van der Waals surface area contributed by atoms with Crippen LogP contribution in [0.4, 0.5) is 11.4 Å². The molecule has 0 unspecified atom stereocenters. The Hall–Kier alpha value is -2.82. The molecule has 1 atom stereocenters. The molecular weight excluding hydrogens is 352 g/mol. The van der Waals surface area contributed by atoms with E-state index in [4.69, 9.17) is 4.74 Å². The number of hydrogen-bond acceptors (Lipinski definition) is 3. The average molecular weight is 380 g/mol. The number of carbonyl (C=O) groups is 2. The maximum atomic E-state index is 12.4. The van der Waals surface area contributed by atoms with Gasteiger partial charge in [-0.15, -0.1) is 0 Å². The molecule has 2 amide bonds. The Morgan fingerprint density at radius 1 is 1.07 bits per heavy atom. The lowest BCUT2D eigenvalue weighted by molar-refractivity contribution is -0.122. The molecule has 2 aromatic carbocycles. The van der Waals surface area contributed by atoms with Crippen molar-refractivity contribution in [1.29, 1.82) is 0 Å². The van der Waals surface area contributed by atoms with E-state index in [0.717, 1.165) is 18.7 Å². The smallest absolute Gasteiger partial charge is 0.265 e. The normalized spacial score (nSPS) is 15.4. The highest BCUT2D eigenvalue weighted by molar-refractivity contribution is 5.96. The van der Waals surface area contributed by atoms with Gasteiger partial charge in [-0.3, -0.25) is 9.59 Å². The number of carbonyl (C=O) groups excluding carboxylic acids is 2. The van der Waals surface area contributed by atoms with Crippen molar-refractivity contribution in [2.75, 3.05) is 16.8 Å². The molecule has 5 heteroatoms. The van der Waals surface area contributed by atoms with Gasteiger partial charge < -0.3 is 15.0 Å². The van der Waals surface area contributed by atoms with E-state index in [1.807, 2.05) is 48.5 Å². The lowest BCUT2D eigenvalue weighted by Gasteiger charge is -2.20. The Labute approximate surface area is 166 Å². The van der Waals surface area contributed by atoms with Crippen molar-refractivity contribution in [1.82, 2.24) is 0 Å². The van der Waals surface area contributed by atoms with Crippen molar-refractivity contribution in [3.05, 3.63) is 54.1 Å². The minimum atomic E-state index is -0.625. The highest BCUT2D eigenvalue weighted by Crippen LogP contribution is 2.25. The molecule has 0 radical (unpaired) electrons. The van der Waals surface area contributed by atoms with Crippen molar-refractivity contribution in [2.24, 2.45) is 0 Å². The van der Waals surface area contributed by atoms with Crippen molar-refractivity contribution < 1.29 is 14.3 Å². The first kappa shape index (κ1) is 19.9. The van der Waals surface area contributed by atoms with E-state index < -0.39 is 6.10 Å². The third-order valence-corrected chi connectivity index (χ3v) is 4.92. The number of nitrogens with zero attached hydrogens (tertiary/aromatic N) is 1. The second-order valence-corrected chi connectivity index (χ2v) is 8.22. The summed E-state index contributed by atoms with van der Waals surface area (Å²) in [6.07, 6.45) is 0.868. The predicted molar refractivity (Wildman–Crippen MR) is 112 cm³/mol. The van der Waals surface area contributed by atoms with Gasteiger partial charge in [0.05, 0.1) is 0 Å². The molecule has 1 saturated heterocycles. The first-order valence-electron chi connectivity index (χ1n) is 9.72. The van der Waals surface area contributed by atoms with Gasteiger partial charge in [0.2, 0.25) is 5.91 Å². The zero-order valence-electron chi connectivity index (χ0n) is 17.0. The summed E-state index contributed by atoms with van der Waals surface area (Å²) in [5.41, 5.74) is 2.84. The maximum absolute atomic E-state index is 12.4. The summed E-state index contributed by atoms with van der Waals surface area (Å²) < 4.78 is 5.77. The Balaban J connectivity index is 1.57. The predicted octanol–water partition coefficient (Wildman–Crippen LogP) is 4.52. The largest absolute Gasteiger partial charge is 0.481 e. The van der Waals surface area contributed by atoms with Gasteiger partial charge >= 0.3 is 0 Å². The van der Waals surface area contributed by atoms with Crippen LogP contribution in [0, 0.1) is 0 Å². The van der Waals surface area contributed by atoms with E-state index in [9.17, 15) is 9.59 Å². The Morgan fingerprint density at radius 2 is 1.71 bits per heavy atom. The van der Waals surface area contributed by atoms with Crippen LogP contribution in [0.2, 0.25) is 0 Å². The van der Waals surface area contributed by atoms with Gasteiger partial charge in [0, 0.05) is 24.3 Å². The van der Waals surface area contributed by atoms with Gasteiger partial charge in [-0.1, -0.05) is 32.9 Å². The number of nitrogens with one attached hydrogen (secondary N) is 1. The molecule has 3 rings (SSSR count). The van der Waals surface area contributed by atoms with Crippen LogP contribution in [0.3, 0.4) is 0 Å². The van der Waals surface area contributed by atoms with E-state index in [2.05, 4.69) is 26.1 Å². The Kier molecular flexibility index (Phi) is 5.73. The number of amides is 2. The third kappa shape index (κ3) is 4.71. The lowest BCUT2D eigenvalue weighted by Crippen LogP contribution is -2.30. The summed E-state index contributed by atoms with van der Waals surface area (Å²) >= 11 is 0. The van der Waals surface area contributed by atoms with Gasteiger partial charge in [0.25, 0.3) is 5.91 Å². The first-order chi connectivity index (χ1) is 13.2. The van der Waals surface area contributed by atoms with Crippen molar-refractivity contribution in [2.45, 2.75) is 52.1 Å². The van der Waals surface area contributed by atoms with Crippen LogP contribution in [-0.2, 0) is 15.0 Å². The molecule has 2 aromatic rings. The summed E-state index contributed by atoms with van der Waals surface area (Å²) in [5.74, 6) is 0.597. The molecule has 0 aromatic heterocycles. The number of hydrogen-bond donors (Lipinski definition) is 1. The SMILES string of the molecule is C[C@@H](Oc1ccc(C(C)(C)C)cc1)C(=O)Nc1ccc(N2CCCC2=O)cc1. The molecule has 1 fully saturated rings. The van der Waals surface area contributed by atoms with Crippen LogP contribution in [-0.4, -0.2) is 24.5 Å². The van der Waals surface area contributed by atoms with Gasteiger partial charge in [0.15, 0.2) is 6.10 Å². The summed E-state index contributed by atoms with van der Waals surface area (Å²) in [4.78, 5) is 26.0. The second kappa shape index (κ2) is 8.05. The Bertz CT molecular complexity index is 836. The van der Waals surface area contributed by atoms with Gasteiger partial charge in [-0.2, -0.15) is 0 Å². The van der Waals surface area contributed by atoms with Crippen molar-refractivity contribution >= 4 is 23.2 Å². The topological polar surface area (TPSA) is 58.6 Å². The molecule has 1 aliphatic rings.